The molecule has 3 heterocycles. The summed E-state index contributed by atoms with van der Waals surface area (Å²) < 4.78 is 1.51. The highest BCUT2D eigenvalue weighted by atomic mass is 16.1. The molecule has 1 atom stereocenters. The van der Waals surface area contributed by atoms with Gasteiger partial charge in [-0.3, -0.25) is 10.2 Å². The van der Waals surface area contributed by atoms with Gasteiger partial charge in [-0.15, -0.1) is 0 Å². The minimum Gasteiger partial charge on any atom is -0.352 e. The van der Waals surface area contributed by atoms with Gasteiger partial charge in [0, 0.05) is 31.4 Å². The molecule has 1 aliphatic heterocycles. The summed E-state index contributed by atoms with van der Waals surface area (Å²) in [6.45, 7) is 0.540. The average molecular weight is 289 g/mol. The van der Waals surface area contributed by atoms with Gasteiger partial charge in [0.2, 0.25) is 17.8 Å². The lowest BCUT2D eigenvalue weighted by atomic mass is 10.2. The highest BCUT2D eigenvalue weighted by Crippen LogP contribution is 2.10. The molecule has 1 unspecified atom stereocenters. The molecule has 0 aromatic carbocycles. The van der Waals surface area contributed by atoms with E-state index in [1.54, 1.807) is 18.5 Å². The number of amides is 1. The number of anilines is 2. The Hall–Kier alpha value is -2.75. The van der Waals surface area contributed by atoms with Crippen LogP contribution in [0.4, 0.5) is 11.9 Å². The molecular weight excluding hydrogens is 274 g/mol. The molecule has 10 nitrogen and oxygen atoms in total. The largest absolute Gasteiger partial charge is 0.352 e. The lowest BCUT2D eigenvalue weighted by Gasteiger charge is -2.12. The first-order valence-corrected chi connectivity index (χ1v) is 6.50. The van der Waals surface area contributed by atoms with Gasteiger partial charge in [0.25, 0.3) is 5.95 Å². The van der Waals surface area contributed by atoms with Crippen LogP contribution in [0.25, 0.3) is 5.95 Å². The number of carbonyl (C=O) groups excluding carboxylic acids is 1. The summed E-state index contributed by atoms with van der Waals surface area (Å²) in [7, 11) is 0. The lowest BCUT2D eigenvalue weighted by Crippen LogP contribution is -2.32. The third-order valence-corrected chi connectivity index (χ3v) is 3.05. The molecule has 0 bridgehead atoms. The predicted molar refractivity (Wildman–Crippen MR) is 74.4 cm³/mol. The first kappa shape index (κ1) is 13.2. The van der Waals surface area contributed by atoms with Gasteiger partial charge in [0.15, 0.2) is 0 Å². The Morgan fingerprint density at radius 3 is 2.90 bits per heavy atom. The Bertz CT molecular complexity index is 627. The molecule has 5 N–H and O–H groups in total. The number of hydrogen-bond donors (Lipinski definition) is 4. The highest BCUT2D eigenvalue weighted by molar-refractivity contribution is 5.78. The van der Waals surface area contributed by atoms with Gasteiger partial charge in [-0.25, -0.2) is 10.5 Å². The molecule has 0 radical (unpaired) electrons. The molecule has 21 heavy (non-hydrogen) atoms. The van der Waals surface area contributed by atoms with E-state index in [9.17, 15) is 4.79 Å². The van der Waals surface area contributed by atoms with Crippen molar-refractivity contribution in [3.8, 4) is 5.95 Å². The van der Waals surface area contributed by atoms with Crippen LogP contribution in [-0.4, -0.2) is 43.2 Å². The summed E-state index contributed by atoms with van der Waals surface area (Å²) in [5.41, 5.74) is 2.39. The fourth-order valence-corrected chi connectivity index (χ4v) is 2.04. The predicted octanol–water partition coefficient (Wildman–Crippen LogP) is -0.967. The molecule has 10 heteroatoms. The van der Waals surface area contributed by atoms with Crippen molar-refractivity contribution in [3.63, 3.8) is 0 Å². The van der Waals surface area contributed by atoms with E-state index in [0.717, 1.165) is 6.42 Å². The van der Waals surface area contributed by atoms with Crippen molar-refractivity contribution in [1.29, 1.82) is 0 Å². The molecule has 110 valence electrons. The second-order valence-corrected chi connectivity index (χ2v) is 4.56. The molecule has 2 aromatic heterocycles. The second kappa shape index (κ2) is 5.71. The number of hydrogen-bond acceptors (Lipinski definition) is 8. The molecule has 1 aliphatic rings. The number of nitrogen functional groups attached to an aromatic ring is 1. The van der Waals surface area contributed by atoms with Crippen molar-refractivity contribution in [2.24, 2.45) is 5.84 Å². The molecule has 1 fully saturated rings. The van der Waals surface area contributed by atoms with E-state index in [4.69, 9.17) is 5.84 Å². The topological polar surface area (TPSA) is 136 Å². The van der Waals surface area contributed by atoms with E-state index in [0.29, 0.717) is 24.9 Å². The Labute approximate surface area is 120 Å². The zero-order valence-electron chi connectivity index (χ0n) is 11.2. The minimum absolute atomic E-state index is 0.0685. The van der Waals surface area contributed by atoms with E-state index < -0.39 is 0 Å². The Morgan fingerprint density at radius 2 is 2.24 bits per heavy atom. The van der Waals surface area contributed by atoms with E-state index >= 15 is 0 Å². The quantitative estimate of drug-likeness (QED) is 0.408. The van der Waals surface area contributed by atoms with Crippen molar-refractivity contribution in [3.05, 3.63) is 18.5 Å². The summed E-state index contributed by atoms with van der Waals surface area (Å²) in [5.74, 6) is 6.37. The number of aromatic nitrogens is 5. The first-order valence-electron chi connectivity index (χ1n) is 6.50. The Kier molecular flexibility index (Phi) is 3.60. The van der Waals surface area contributed by atoms with Crippen molar-refractivity contribution >= 4 is 17.8 Å². The molecule has 1 amide bonds. The van der Waals surface area contributed by atoms with E-state index in [-0.39, 0.29) is 17.9 Å². The molecule has 0 spiro atoms. The fourth-order valence-electron chi connectivity index (χ4n) is 2.04. The lowest BCUT2D eigenvalue weighted by molar-refractivity contribution is -0.119. The maximum Gasteiger partial charge on any atom is 0.257 e. The van der Waals surface area contributed by atoms with Crippen LogP contribution in [0, 0.1) is 0 Å². The summed E-state index contributed by atoms with van der Waals surface area (Å²) in [6.07, 6.45) is 4.69. The van der Waals surface area contributed by atoms with Crippen LogP contribution in [0.15, 0.2) is 18.5 Å². The van der Waals surface area contributed by atoms with E-state index in [1.165, 1.54) is 4.68 Å². The smallest absolute Gasteiger partial charge is 0.257 e. The summed E-state index contributed by atoms with van der Waals surface area (Å²) >= 11 is 0. The van der Waals surface area contributed by atoms with Gasteiger partial charge in [-0.05, 0) is 12.5 Å². The van der Waals surface area contributed by atoms with E-state index in [2.05, 4.69) is 36.1 Å². The zero-order chi connectivity index (χ0) is 14.7. The third kappa shape index (κ3) is 3.05. The van der Waals surface area contributed by atoms with Crippen molar-refractivity contribution in [2.45, 2.75) is 18.9 Å². The molecule has 0 aliphatic carbocycles. The van der Waals surface area contributed by atoms with Gasteiger partial charge in [-0.1, -0.05) is 0 Å². The van der Waals surface area contributed by atoms with Crippen LogP contribution < -0.4 is 21.9 Å². The number of hydrazine groups is 1. The van der Waals surface area contributed by atoms with Crippen LogP contribution in [0.3, 0.4) is 0 Å². The molecule has 2 aromatic rings. The SMILES string of the molecule is NNc1nc(NCC2CCC(=O)N2)nc(-n2cccn2)n1. The second-order valence-electron chi connectivity index (χ2n) is 4.56. The standard InChI is InChI=1S/C11H15N9O/c12-19-10-16-9(13-6-7-2-3-8(21)15-7)17-11(18-10)20-5-1-4-14-20/h1,4-5,7H,2-3,6,12H2,(H,15,21)(H2,13,16,17,18,19). The van der Waals surface area contributed by atoms with Gasteiger partial charge >= 0.3 is 0 Å². The molecule has 0 saturated carbocycles. The van der Waals surface area contributed by atoms with Gasteiger partial charge in [0.1, 0.15) is 0 Å². The van der Waals surface area contributed by atoms with Crippen LogP contribution in [-0.2, 0) is 4.79 Å². The van der Waals surface area contributed by atoms with E-state index in [1.807, 2.05) is 0 Å². The average Bonchev–Trinajstić information content (AvgIpc) is 3.16. The molecular formula is C11H15N9O. The zero-order valence-corrected chi connectivity index (χ0v) is 11.2. The van der Waals surface area contributed by atoms with Crippen LogP contribution >= 0.6 is 0 Å². The monoisotopic (exact) mass is 289 g/mol. The Morgan fingerprint density at radius 1 is 1.38 bits per heavy atom. The van der Waals surface area contributed by atoms with Crippen LogP contribution in [0.1, 0.15) is 12.8 Å². The Balaban J connectivity index is 1.75. The van der Waals surface area contributed by atoms with Crippen LogP contribution in [0.2, 0.25) is 0 Å². The van der Waals surface area contributed by atoms with Gasteiger partial charge in [0.05, 0.1) is 0 Å². The van der Waals surface area contributed by atoms with Gasteiger partial charge < -0.3 is 10.6 Å². The highest BCUT2D eigenvalue weighted by Gasteiger charge is 2.20. The normalized spacial score (nSPS) is 17.6. The minimum atomic E-state index is 0.0685. The van der Waals surface area contributed by atoms with Gasteiger partial charge in [-0.2, -0.15) is 20.1 Å². The number of nitrogens with zero attached hydrogens (tertiary/aromatic N) is 5. The fraction of sp³-hybridized carbons (Fsp3) is 0.364. The number of nitrogens with two attached hydrogens (primary N) is 1. The maximum atomic E-state index is 11.2. The third-order valence-electron chi connectivity index (χ3n) is 3.05. The number of rotatable bonds is 5. The van der Waals surface area contributed by atoms with Crippen LogP contribution in [0.5, 0.6) is 0 Å². The maximum absolute atomic E-state index is 11.2. The molecule has 3 rings (SSSR count). The summed E-state index contributed by atoms with van der Waals surface area (Å²) in [6, 6.07) is 1.84. The summed E-state index contributed by atoms with van der Waals surface area (Å²) in [5, 5.41) is 10.00. The first-order chi connectivity index (χ1) is 10.2. The number of carbonyl (C=O) groups is 1. The van der Waals surface area contributed by atoms with Crippen molar-refractivity contribution in [1.82, 2.24) is 30.0 Å². The number of nitrogens with one attached hydrogen (secondary N) is 3. The molecule has 1 saturated heterocycles. The van der Waals surface area contributed by atoms with Crippen molar-refractivity contribution in [2.75, 3.05) is 17.3 Å². The summed E-state index contributed by atoms with van der Waals surface area (Å²) in [4.78, 5) is 23.7. The van der Waals surface area contributed by atoms with Crippen molar-refractivity contribution < 1.29 is 4.79 Å².